The minimum atomic E-state index is 0.107. The molecule has 0 saturated carbocycles. The second-order valence-electron chi connectivity index (χ2n) is 5.28. The van der Waals surface area contributed by atoms with Crippen molar-refractivity contribution >= 4 is 5.78 Å². The smallest absolute Gasteiger partial charge is 0.156 e. The first-order valence-electron chi connectivity index (χ1n) is 5.67. The Kier molecular flexibility index (Phi) is 2.90. The number of pyridine rings is 1. The molecule has 0 bridgehead atoms. The van der Waals surface area contributed by atoms with Gasteiger partial charge in [-0.15, -0.1) is 0 Å². The number of aromatic nitrogens is 1. The maximum absolute atomic E-state index is 11.6. The summed E-state index contributed by atoms with van der Waals surface area (Å²) in [5.41, 5.74) is 2.36. The van der Waals surface area contributed by atoms with E-state index in [1.807, 2.05) is 18.2 Å². The SMILES string of the molecule is CC1(C)CC(=O)C=C(Cc2ccccn2)C1. The Bertz CT molecular complexity index is 418. The topological polar surface area (TPSA) is 30.0 Å². The molecule has 2 rings (SSSR count). The van der Waals surface area contributed by atoms with E-state index in [1.165, 1.54) is 5.57 Å². The standard InChI is InChI=1S/C14H17NO/c1-14(2)9-11(8-13(16)10-14)7-12-5-3-4-6-15-12/h3-6,8H,7,9-10H2,1-2H3. The Labute approximate surface area is 96.4 Å². The van der Waals surface area contributed by atoms with Crippen LogP contribution in [0.4, 0.5) is 0 Å². The molecular formula is C14H17NO. The first-order chi connectivity index (χ1) is 7.55. The van der Waals surface area contributed by atoms with Gasteiger partial charge in [0, 0.05) is 24.7 Å². The Morgan fingerprint density at radius 3 is 2.75 bits per heavy atom. The zero-order valence-corrected chi connectivity index (χ0v) is 9.86. The number of carbonyl (C=O) groups is 1. The van der Waals surface area contributed by atoms with E-state index in [0.29, 0.717) is 6.42 Å². The highest BCUT2D eigenvalue weighted by Crippen LogP contribution is 2.34. The van der Waals surface area contributed by atoms with Gasteiger partial charge in [0.25, 0.3) is 0 Å². The van der Waals surface area contributed by atoms with E-state index in [1.54, 1.807) is 12.3 Å². The van der Waals surface area contributed by atoms with E-state index in [-0.39, 0.29) is 11.2 Å². The number of hydrogen-bond donors (Lipinski definition) is 0. The largest absolute Gasteiger partial charge is 0.295 e. The van der Waals surface area contributed by atoms with Crippen molar-refractivity contribution in [3.63, 3.8) is 0 Å². The van der Waals surface area contributed by atoms with Crippen molar-refractivity contribution < 1.29 is 4.79 Å². The second-order valence-corrected chi connectivity index (χ2v) is 5.28. The van der Waals surface area contributed by atoms with Crippen molar-refractivity contribution in [3.05, 3.63) is 41.7 Å². The molecule has 0 N–H and O–H groups in total. The summed E-state index contributed by atoms with van der Waals surface area (Å²) in [6.45, 7) is 4.30. The molecule has 1 aliphatic rings. The fourth-order valence-electron chi connectivity index (χ4n) is 2.33. The summed E-state index contributed by atoms with van der Waals surface area (Å²) in [4.78, 5) is 15.9. The number of nitrogens with zero attached hydrogens (tertiary/aromatic N) is 1. The average molecular weight is 215 g/mol. The van der Waals surface area contributed by atoms with Crippen molar-refractivity contribution in [1.29, 1.82) is 0 Å². The van der Waals surface area contributed by atoms with Crippen LogP contribution in [0.3, 0.4) is 0 Å². The molecule has 84 valence electrons. The minimum absolute atomic E-state index is 0.107. The Morgan fingerprint density at radius 1 is 1.31 bits per heavy atom. The van der Waals surface area contributed by atoms with Crippen LogP contribution in [0.25, 0.3) is 0 Å². The van der Waals surface area contributed by atoms with Gasteiger partial charge in [-0.3, -0.25) is 9.78 Å². The van der Waals surface area contributed by atoms with E-state index in [2.05, 4.69) is 18.8 Å². The summed E-state index contributed by atoms with van der Waals surface area (Å²) in [6, 6.07) is 5.90. The molecule has 0 atom stereocenters. The molecular weight excluding hydrogens is 198 g/mol. The number of ketones is 1. The van der Waals surface area contributed by atoms with Crippen LogP contribution in [-0.4, -0.2) is 10.8 Å². The molecule has 1 aliphatic carbocycles. The van der Waals surface area contributed by atoms with Crippen LogP contribution in [0.5, 0.6) is 0 Å². The zero-order valence-electron chi connectivity index (χ0n) is 9.86. The van der Waals surface area contributed by atoms with E-state index in [4.69, 9.17) is 0 Å². The van der Waals surface area contributed by atoms with Crippen LogP contribution in [0.2, 0.25) is 0 Å². The van der Waals surface area contributed by atoms with Gasteiger partial charge in [-0.05, 0) is 30.0 Å². The second kappa shape index (κ2) is 4.20. The molecule has 0 unspecified atom stereocenters. The molecule has 0 aromatic carbocycles. The van der Waals surface area contributed by atoms with E-state index in [0.717, 1.165) is 18.5 Å². The molecule has 16 heavy (non-hydrogen) atoms. The highest BCUT2D eigenvalue weighted by Gasteiger charge is 2.27. The third kappa shape index (κ3) is 2.78. The predicted octanol–water partition coefficient (Wildman–Crippen LogP) is 2.94. The summed E-state index contributed by atoms with van der Waals surface area (Å²) in [6.07, 6.45) is 6.07. The summed E-state index contributed by atoms with van der Waals surface area (Å²) in [5, 5.41) is 0. The summed E-state index contributed by atoms with van der Waals surface area (Å²) in [7, 11) is 0. The van der Waals surface area contributed by atoms with Gasteiger partial charge in [0.1, 0.15) is 0 Å². The fourth-order valence-corrected chi connectivity index (χ4v) is 2.33. The molecule has 0 spiro atoms. The molecule has 1 heterocycles. The van der Waals surface area contributed by atoms with Crippen LogP contribution in [0, 0.1) is 5.41 Å². The molecule has 0 fully saturated rings. The van der Waals surface area contributed by atoms with Gasteiger partial charge in [0.2, 0.25) is 0 Å². The zero-order chi connectivity index (χ0) is 11.6. The highest BCUT2D eigenvalue weighted by atomic mass is 16.1. The Morgan fingerprint density at radius 2 is 2.12 bits per heavy atom. The molecule has 2 heteroatoms. The van der Waals surface area contributed by atoms with Gasteiger partial charge >= 0.3 is 0 Å². The summed E-state index contributed by atoms with van der Waals surface area (Å²) < 4.78 is 0. The van der Waals surface area contributed by atoms with Crippen LogP contribution in [0.1, 0.15) is 32.4 Å². The van der Waals surface area contributed by atoms with E-state index >= 15 is 0 Å². The lowest BCUT2D eigenvalue weighted by Crippen LogP contribution is -2.22. The lowest BCUT2D eigenvalue weighted by Gasteiger charge is -2.28. The van der Waals surface area contributed by atoms with Gasteiger partial charge in [-0.25, -0.2) is 0 Å². The summed E-state index contributed by atoms with van der Waals surface area (Å²) >= 11 is 0. The monoisotopic (exact) mass is 215 g/mol. The van der Waals surface area contributed by atoms with Crippen molar-refractivity contribution in [2.24, 2.45) is 5.41 Å². The van der Waals surface area contributed by atoms with E-state index in [9.17, 15) is 4.79 Å². The van der Waals surface area contributed by atoms with Crippen molar-refractivity contribution in [2.75, 3.05) is 0 Å². The normalized spacial score (nSPS) is 19.4. The van der Waals surface area contributed by atoms with Crippen LogP contribution in [0.15, 0.2) is 36.0 Å². The number of carbonyl (C=O) groups excluding carboxylic acids is 1. The van der Waals surface area contributed by atoms with Crippen molar-refractivity contribution in [3.8, 4) is 0 Å². The number of allylic oxidation sites excluding steroid dienone is 2. The highest BCUT2D eigenvalue weighted by molar-refractivity contribution is 5.91. The molecule has 2 nitrogen and oxygen atoms in total. The van der Waals surface area contributed by atoms with Gasteiger partial charge in [-0.1, -0.05) is 25.5 Å². The van der Waals surface area contributed by atoms with Crippen molar-refractivity contribution in [1.82, 2.24) is 4.98 Å². The van der Waals surface area contributed by atoms with Gasteiger partial charge in [0.05, 0.1) is 0 Å². The van der Waals surface area contributed by atoms with Gasteiger partial charge in [-0.2, -0.15) is 0 Å². The lowest BCUT2D eigenvalue weighted by molar-refractivity contribution is -0.117. The maximum atomic E-state index is 11.6. The minimum Gasteiger partial charge on any atom is -0.295 e. The van der Waals surface area contributed by atoms with Gasteiger partial charge < -0.3 is 0 Å². The lowest BCUT2D eigenvalue weighted by atomic mass is 9.76. The van der Waals surface area contributed by atoms with Crippen LogP contribution in [-0.2, 0) is 11.2 Å². The molecule has 0 saturated heterocycles. The van der Waals surface area contributed by atoms with Crippen LogP contribution < -0.4 is 0 Å². The first kappa shape index (κ1) is 11.1. The Balaban J connectivity index is 2.14. The van der Waals surface area contributed by atoms with Gasteiger partial charge in [0.15, 0.2) is 5.78 Å². The van der Waals surface area contributed by atoms with Crippen LogP contribution >= 0.6 is 0 Å². The fraction of sp³-hybridized carbons (Fsp3) is 0.429. The summed E-state index contributed by atoms with van der Waals surface area (Å²) in [5.74, 6) is 0.252. The predicted molar refractivity (Wildman–Crippen MR) is 64.0 cm³/mol. The van der Waals surface area contributed by atoms with Crippen molar-refractivity contribution in [2.45, 2.75) is 33.1 Å². The average Bonchev–Trinajstić information content (AvgIpc) is 2.15. The molecule has 1 aromatic rings. The number of rotatable bonds is 2. The Hall–Kier alpha value is -1.44. The maximum Gasteiger partial charge on any atom is 0.156 e. The third-order valence-corrected chi connectivity index (χ3v) is 2.86. The quantitative estimate of drug-likeness (QED) is 0.759. The molecule has 0 aliphatic heterocycles. The first-order valence-corrected chi connectivity index (χ1v) is 5.67. The molecule has 0 radical (unpaired) electrons. The molecule has 1 aromatic heterocycles. The number of hydrogen-bond acceptors (Lipinski definition) is 2. The molecule has 0 amide bonds. The third-order valence-electron chi connectivity index (χ3n) is 2.86. The van der Waals surface area contributed by atoms with E-state index < -0.39 is 0 Å².